The zero-order chi connectivity index (χ0) is 13.9. The Labute approximate surface area is 115 Å². The van der Waals surface area contributed by atoms with Gasteiger partial charge in [-0.3, -0.25) is 4.79 Å². The summed E-state index contributed by atoms with van der Waals surface area (Å²) in [5, 5.41) is 3.10. The minimum absolute atomic E-state index is 0.0194. The maximum atomic E-state index is 11.9. The average Bonchev–Trinajstić information content (AvgIpc) is 2.67. The molecule has 1 aromatic carbocycles. The molecular formula is C17H23NO. The fourth-order valence-electron chi connectivity index (χ4n) is 2.75. The van der Waals surface area contributed by atoms with Crippen LogP contribution in [0.1, 0.15) is 44.2 Å². The van der Waals surface area contributed by atoms with E-state index in [1.807, 2.05) is 24.3 Å². The summed E-state index contributed by atoms with van der Waals surface area (Å²) in [6.07, 6.45) is 6.91. The van der Waals surface area contributed by atoms with Crippen LogP contribution >= 0.6 is 0 Å². The van der Waals surface area contributed by atoms with E-state index in [9.17, 15) is 4.79 Å². The molecule has 1 aliphatic carbocycles. The molecule has 0 heterocycles. The van der Waals surface area contributed by atoms with Gasteiger partial charge in [0.05, 0.1) is 0 Å². The molecule has 1 fully saturated rings. The molecule has 0 aromatic heterocycles. The number of hydrogen-bond acceptors (Lipinski definition) is 1. The number of amides is 1. The van der Waals surface area contributed by atoms with Crippen LogP contribution in [0.15, 0.2) is 30.3 Å². The van der Waals surface area contributed by atoms with Crippen molar-refractivity contribution in [3.05, 3.63) is 41.5 Å². The minimum atomic E-state index is 0.0194. The molecule has 19 heavy (non-hydrogen) atoms. The molecule has 1 amide bonds. The first-order chi connectivity index (χ1) is 8.96. The molecule has 2 nitrogen and oxygen atoms in total. The summed E-state index contributed by atoms with van der Waals surface area (Å²) in [4.78, 5) is 11.9. The van der Waals surface area contributed by atoms with E-state index >= 15 is 0 Å². The largest absolute Gasteiger partial charge is 0.350 e. The highest BCUT2D eigenvalue weighted by Crippen LogP contribution is 2.36. The van der Waals surface area contributed by atoms with Gasteiger partial charge in [-0.1, -0.05) is 38.1 Å². The van der Waals surface area contributed by atoms with Crippen molar-refractivity contribution in [2.75, 3.05) is 0 Å². The molecule has 1 unspecified atom stereocenters. The van der Waals surface area contributed by atoms with Crippen LogP contribution < -0.4 is 5.32 Å². The summed E-state index contributed by atoms with van der Waals surface area (Å²) in [6.45, 7) is 6.59. The number of nitrogens with one attached hydrogen (secondary N) is 1. The lowest BCUT2D eigenvalue weighted by atomic mass is 9.92. The van der Waals surface area contributed by atoms with Crippen molar-refractivity contribution in [3.63, 3.8) is 0 Å². The van der Waals surface area contributed by atoms with E-state index in [2.05, 4.69) is 32.2 Å². The second-order valence-electron chi connectivity index (χ2n) is 6.30. The Morgan fingerprint density at radius 1 is 1.37 bits per heavy atom. The van der Waals surface area contributed by atoms with E-state index in [0.717, 1.165) is 18.4 Å². The number of carbonyl (C=O) groups excluding carboxylic acids is 1. The normalized spacial score (nSPS) is 21.7. The minimum Gasteiger partial charge on any atom is -0.350 e. The molecular weight excluding hydrogens is 234 g/mol. The highest BCUT2D eigenvalue weighted by Gasteiger charge is 2.31. The molecule has 1 atom stereocenters. The second kappa shape index (κ2) is 5.60. The zero-order valence-electron chi connectivity index (χ0n) is 12.1. The van der Waals surface area contributed by atoms with Gasteiger partial charge >= 0.3 is 0 Å². The van der Waals surface area contributed by atoms with Crippen molar-refractivity contribution in [1.82, 2.24) is 5.32 Å². The first kappa shape index (κ1) is 13.9. The summed E-state index contributed by atoms with van der Waals surface area (Å²) in [5.74, 6) is 0.0194. The van der Waals surface area contributed by atoms with E-state index in [1.54, 1.807) is 6.08 Å². The zero-order valence-corrected chi connectivity index (χ0v) is 12.1. The molecule has 1 aliphatic rings. The molecule has 1 aromatic rings. The third kappa shape index (κ3) is 3.95. The molecule has 0 spiro atoms. The van der Waals surface area contributed by atoms with Crippen molar-refractivity contribution in [3.8, 4) is 0 Å². The van der Waals surface area contributed by atoms with Gasteiger partial charge in [0.15, 0.2) is 0 Å². The molecule has 2 heteroatoms. The number of hydrogen-bond donors (Lipinski definition) is 1. The SMILES string of the molecule is Cc1ccccc1/C=C/C(=O)NC1CCC(C)(C)C1. The van der Waals surface area contributed by atoms with Crippen LogP contribution in [0.2, 0.25) is 0 Å². The Morgan fingerprint density at radius 2 is 2.11 bits per heavy atom. The molecule has 102 valence electrons. The summed E-state index contributed by atoms with van der Waals surface area (Å²) in [6, 6.07) is 8.41. The maximum absolute atomic E-state index is 11.9. The third-order valence-electron chi connectivity index (χ3n) is 3.92. The average molecular weight is 257 g/mol. The lowest BCUT2D eigenvalue weighted by Crippen LogP contribution is -2.32. The predicted octanol–water partition coefficient (Wildman–Crippen LogP) is 3.70. The van der Waals surface area contributed by atoms with Crippen LogP contribution in [0.5, 0.6) is 0 Å². The molecule has 0 radical (unpaired) electrons. The first-order valence-electron chi connectivity index (χ1n) is 7.00. The van der Waals surface area contributed by atoms with Gasteiger partial charge in [-0.05, 0) is 48.8 Å². The van der Waals surface area contributed by atoms with E-state index in [4.69, 9.17) is 0 Å². The highest BCUT2D eigenvalue weighted by atomic mass is 16.1. The van der Waals surface area contributed by atoms with Crippen LogP contribution in [-0.2, 0) is 4.79 Å². The Morgan fingerprint density at radius 3 is 2.74 bits per heavy atom. The molecule has 2 rings (SSSR count). The lowest BCUT2D eigenvalue weighted by molar-refractivity contribution is -0.117. The Hall–Kier alpha value is -1.57. The molecule has 0 bridgehead atoms. The van der Waals surface area contributed by atoms with Gasteiger partial charge < -0.3 is 5.32 Å². The summed E-state index contributed by atoms with van der Waals surface area (Å²) >= 11 is 0. The molecule has 0 saturated heterocycles. The topological polar surface area (TPSA) is 29.1 Å². The van der Waals surface area contributed by atoms with Crippen LogP contribution in [0, 0.1) is 12.3 Å². The van der Waals surface area contributed by atoms with Gasteiger partial charge in [0.2, 0.25) is 5.91 Å². The Bertz CT molecular complexity index is 488. The van der Waals surface area contributed by atoms with Crippen molar-refractivity contribution in [1.29, 1.82) is 0 Å². The Balaban J connectivity index is 1.90. The standard InChI is InChI=1S/C17H23NO/c1-13-6-4-5-7-14(13)8-9-16(19)18-15-10-11-17(2,3)12-15/h4-9,15H,10-12H2,1-3H3,(H,18,19)/b9-8+. The van der Waals surface area contributed by atoms with Crippen LogP contribution in [0.3, 0.4) is 0 Å². The van der Waals surface area contributed by atoms with E-state index in [1.165, 1.54) is 12.0 Å². The summed E-state index contributed by atoms with van der Waals surface area (Å²) < 4.78 is 0. The first-order valence-corrected chi connectivity index (χ1v) is 7.00. The third-order valence-corrected chi connectivity index (χ3v) is 3.92. The summed E-state index contributed by atoms with van der Waals surface area (Å²) in [7, 11) is 0. The summed E-state index contributed by atoms with van der Waals surface area (Å²) in [5.41, 5.74) is 2.66. The fraction of sp³-hybridized carbons (Fsp3) is 0.471. The van der Waals surface area contributed by atoms with Gasteiger partial charge in [0.1, 0.15) is 0 Å². The quantitative estimate of drug-likeness (QED) is 0.822. The molecule has 0 aliphatic heterocycles. The van der Waals surface area contributed by atoms with Crippen molar-refractivity contribution < 1.29 is 4.79 Å². The van der Waals surface area contributed by atoms with Crippen LogP contribution in [0.25, 0.3) is 6.08 Å². The smallest absolute Gasteiger partial charge is 0.244 e. The van der Waals surface area contributed by atoms with Crippen LogP contribution in [-0.4, -0.2) is 11.9 Å². The lowest BCUT2D eigenvalue weighted by Gasteiger charge is -2.17. The maximum Gasteiger partial charge on any atom is 0.244 e. The van der Waals surface area contributed by atoms with E-state index in [0.29, 0.717) is 11.5 Å². The van der Waals surface area contributed by atoms with Gasteiger partial charge in [-0.25, -0.2) is 0 Å². The number of rotatable bonds is 3. The highest BCUT2D eigenvalue weighted by molar-refractivity contribution is 5.92. The van der Waals surface area contributed by atoms with Gasteiger partial charge in [0.25, 0.3) is 0 Å². The van der Waals surface area contributed by atoms with Gasteiger partial charge in [-0.15, -0.1) is 0 Å². The molecule has 1 saturated carbocycles. The monoisotopic (exact) mass is 257 g/mol. The van der Waals surface area contributed by atoms with Crippen LogP contribution in [0.4, 0.5) is 0 Å². The van der Waals surface area contributed by atoms with Crippen molar-refractivity contribution in [2.24, 2.45) is 5.41 Å². The predicted molar refractivity (Wildman–Crippen MR) is 79.8 cm³/mol. The fourth-order valence-corrected chi connectivity index (χ4v) is 2.75. The van der Waals surface area contributed by atoms with Gasteiger partial charge in [-0.2, -0.15) is 0 Å². The second-order valence-corrected chi connectivity index (χ2v) is 6.30. The van der Waals surface area contributed by atoms with E-state index < -0.39 is 0 Å². The number of carbonyl (C=O) groups is 1. The van der Waals surface area contributed by atoms with Gasteiger partial charge in [0, 0.05) is 12.1 Å². The van der Waals surface area contributed by atoms with Crippen molar-refractivity contribution >= 4 is 12.0 Å². The number of benzene rings is 1. The molecule has 1 N–H and O–H groups in total. The van der Waals surface area contributed by atoms with E-state index in [-0.39, 0.29) is 5.91 Å². The Kier molecular flexibility index (Phi) is 4.08. The number of aryl methyl sites for hydroxylation is 1. The van der Waals surface area contributed by atoms with Crippen molar-refractivity contribution in [2.45, 2.75) is 46.1 Å².